The van der Waals surface area contributed by atoms with Gasteiger partial charge in [0, 0.05) is 38.6 Å². The van der Waals surface area contributed by atoms with Crippen LogP contribution in [-0.4, -0.2) is 60.6 Å². The van der Waals surface area contributed by atoms with Gasteiger partial charge in [-0.15, -0.1) is 24.8 Å². The van der Waals surface area contributed by atoms with Gasteiger partial charge < -0.3 is 15.4 Å². The van der Waals surface area contributed by atoms with Crippen LogP contribution in [0.2, 0.25) is 0 Å². The molecule has 29 heavy (non-hydrogen) atoms. The molecule has 2 N–H and O–H groups in total. The number of nitrogens with two attached hydrogens (primary N) is 1. The molecule has 2 aliphatic heterocycles. The molecule has 1 aromatic rings. The third kappa shape index (κ3) is 8.06. The number of carbonyl (C=O) groups excluding carboxylic acids is 1. The highest BCUT2D eigenvalue weighted by atomic mass is 35.5. The number of carbonyl (C=O) groups is 1. The maximum Gasteiger partial charge on any atom is 0.224 e. The highest BCUT2D eigenvalue weighted by molar-refractivity contribution is 5.85. The molecule has 1 amide bonds. The fraction of sp³-hybridized carbons (Fsp3) is 0.682. The van der Waals surface area contributed by atoms with Crippen LogP contribution in [0.1, 0.15) is 51.1 Å². The Morgan fingerprint density at radius 1 is 1.10 bits per heavy atom. The molecule has 0 radical (unpaired) electrons. The molecular weight excluding hydrogens is 409 g/mol. The molecule has 3 unspecified atom stereocenters. The Kier molecular flexibility index (Phi) is 11.5. The Labute approximate surface area is 188 Å². The van der Waals surface area contributed by atoms with Gasteiger partial charge in [0.25, 0.3) is 0 Å². The molecule has 2 saturated heterocycles. The number of nitrogens with zero attached hydrogens (tertiary/aromatic N) is 2. The van der Waals surface area contributed by atoms with E-state index in [2.05, 4.69) is 18.7 Å². The predicted molar refractivity (Wildman–Crippen MR) is 123 cm³/mol. The lowest BCUT2D eigenvalue weighted by Gasteiger charge is -2.37. The van der Waals surface area contributed by atoms with Crippen LogP contribution < -0.4 is 5.73 Å². The van der Waals surface area contributed by atoms with Crippen LogP contribution in [0.25, 0.3) is 0 Å². The molecule has 0 bridgehead atoms. The van der Waals surface area contributed by atoms with Gasteiger partial charge in [-0.1, -0.05) is 30.3 Å². The standard InChI is InChI=1S/C22H35N3O2.2ClH/c1-17-15-24(16-18(2)27-17)11-8-19-9-12-25(13-10-19)22(26)14-21(23)20-6-4-3-5-7-20;;/h3-7,17-19,21H,8-16,23H2,1-2H3;2*1H. The van der Waals surface area contributed by atoms with Crippen molar-refractivity contribution in [3.63, 3.8) is 0 Å². The van der Waals surface area contributed by atoms with E-state index in [4.69, 9.17) is 10.5 Å². The van der Waals surface area contributed by atoms with E-state index < -0.39 is 0 Å². The molecule has 0 spiro atoms. The number of benzene rings is 1. The molecule has 5 nitrogen and oxygen atoms in total. The van der Waals surface area contributed by atoms with Crippen molar-refractivity contribution in [1.82, 2.24) is 9.80 Å². The number of likely N-dealkylation sites (tertiary alicyclic amines) is 1. The minimum Gasteiger partial charge on any atom is -0.373 e. The van der Waals surface area contributed by atoms with Crippen molar-refractivity contribution in [2.75, 3.05) is 32.7 Å². The SMILES string of the molecule is CC1CN(CCC2CCN(C(=O)CC(N)c3ccccc3)CC2)CC(C)O1.Cl.Cl. The van der Waals surface area contributed by atoms with Crippen molar-refractivity contribution in [3.05, 3.63) is 35.9 Å². The van der Waals surface area contributed by atoms with Crippen LogP contribution in [0.4, 0.5) is 0 Å². The second kappa shape index (κ2) is 12.8. The summed E-state index contributed by atoms with van der Waals surface area (Å²) in [6.45, 7) is 9.30. The zero-order valence-electron chi connectivity index (χ0n) is 17.7. The summed E-state index contributed by atoms with van der Waals surface area (Å²) in [5, 5.41) is 0. The smallest absolute Gasteiger partial charge is 0.224 e. The number of morpholine rings is 1. The van der Waals surface area contributed by atoms with Crippen LogP contribution in [0.3, 0.4) is 0 Å². The predicted octanol–water partition coefficient (Wildman–Crippen LogP) is 3.66. The summed E-state index contributed by atoms with van der Waals surface area (Å²) >= 11 is 0. The quantitative estimate of drug-likeness (QED) is 0.725. The normalized spacial score (nSPS) is 24.3. The number of hydrogen-bond donors (Lipinski definition) is 1. The molecule has 0 aromatic heterocycles. The first-order chi connectivity index (χ1) is 13.0. The summed E-state index contributed by atoms with van der Waals surface area (Å²) < 4.78 is 5.82. The monoisotopic (exact) mass is 445 g/mol. The van der Waals surface area contributed by atoms with Crippen molar-refractivity contribution < 1.29 is 9.53 Å². The van der Waals surface area contributed by atoms with Gasteiger partial charge in [-0.2, -0.15) is 0 Å². The van der Waals surface area contributed by atoms with Crippen LogP contribution >= 0.6 is 24.8 Å². The first-order valence-electron chi connectivity index (χ1n) is 10.5. The fourth-order valence-corrected chi connectivity index (χ4v) is 4.44. The lowest BCUT2D eigenvalue weighted by Crippen LogP contribution is -2.46. The highest BCUT2D eigenvalue weighted by Crippen LogP contribution is 2.24. The summed E-state index contributed by atoms with van der Waals surface area (Å²) in [6, 6.07) is 9.71. The molecule has 0 aliphatic carbocycles. The minimum atomic E-state index is -0.207. The highest BCUT2D eigenvalue weighted by Gasteiger charge is 2.26. The number of hydrogen-bond acceptors (Lipinski definition) is 4. The third-order valence-corrected chi connectivity index (χ3v) is 5.94. The molecule has 2 aliphatic rings. The van der Waals surface area contributed by atoms with Crippen molar-refractivity contribution >= 4 is 30.7 Å². The number of rotatable bonds is 6. The molecule has 0 saturated carbocycles. The molecule has 2 fully saturated rings. The van der Waals surface area contributed by atoms with Gasteiger partial charge in [-0.3, -0.25) is 9.69 Å². The molecule has 3 rings (SSSR count). The molecular formula is C22H37Cl2N3O2. The fourth-order valence-electron chi connectivity index (χ4n) is 4.44. The lowest BCUT2D eigenvalue weighted by molar-refractivity contribution is -0.133. The number of ether oxygens (including phenoxy) is 1. The van der Waals surface area contributed by atoms with Gasteiger partial charge >= 0.3 is 0 Å². The number of halogens is 2. The van der Waals surface area contributed by atoms with Gasteiger partial charge in [-0.25, -0.2) is 0 Å². The molecule has 2 heterocycles. The van der Waals surface area contributed by atoms with Gasteiger partial charge in [0.05, 0.1) is 12.2 Å². The maximum atomic E-state index is 12.6. The lowest BCUT2D eigenvalue weighted by atomic mass is 9.92. The average molecular weight is 446 g/mol. The van der Waals surface area contributed by atoms with E-state index in [1.165, 1.54) is 6.42 Å². The summed E-state index contributed by atoms with van der Waals surface area (Å²) in [5.41, 5.74) is 7.26. The third-order valence-electron chi connectivity index (χ3n) is 5.94. The summed E-state index contributed by atoms with van der Waals surface area (Å²) in [4.78, 5) is 17.1. The Bertz CT molecular complexity index is 587. The van der Waals surface area contributed by atoms with E-state index in [-0.39, 0.29) is 36.8 Å². The summed E-state index contributed by atoms with van der Waals surface area (Å²) in [7, 11) is 0. The van der Waals surface area contributed by atoms with E-state index in [9.17, 15) is 4.79 Å². The molecule has 1 aromatic carbocycles. The van der Waals surface area contributed by atoms with E-state index in [1.54, 1.807) is 0 Å². The first kappa shape index (κ1) is 26.2. The van der Waals surface area contributed by atoms with Crippen molar-refractivity contribution in [1.29, 1.82) is 0 Å². The Hall–Kier alpha value is -0.850. The average Bonchev–Trinajstić information content (AvgIpc) is 2.66. The van der Waals surface area contributed by atoms with Crippen LogP contribution in [-0.2, 0) is 9.53 Å². The number of piperidine rings is 1. The van der Waals surface area contributed by atoms with E-state index in [1.807, 2.05) is 35.2 Å². The van der Waals surface area contributed by atoms with Crippen molar-refractivity contribution in [2.24, 2.45) is 11.7 Å². The zero-order chi connectivity index (χ0) is 19.2. The van der Waals surface area contributed by atoms with Gasteiger partial charge in [0.1, 0.15) is 0 Å². The zero-order valence-corrected chi connectivity index (χ0v) is 19.3. The topological polar surface area (TPSA) is 58.8 Å². The van der Waals surface area contributed by atoms with Crippen LogP contribution in [0.5, 0.6) is 0 Å². The largest absolute Gasteiger partial charge is 0.373 e. The van der Waals surface area contributed by atoms with Crippen molar-refractivity contribution in [2.45, 2.75) is 57.8 Å². The minimum absolute atomic E-state index is 0. The molecule has 166 valence electrons. The Morgan fingerprint density at radius 2 is 1.69 bits per heavy atom. The van der Waals surface area contributed by atoms with Crippen LogP contribution in [0, 0.1) is 5.92 Å². The van der Waals surface area contributed by atoms with E-state index in [0.717, 1.165) is 57.0 Å². The van der Waals surface area contributed by atoms with Crippen molar-refractivity contribution in [3.8, 4) is 0 Å². The number of amides is 1. The van der Waals surface area contributed by atoms with Gasteiger partial charge in [0.2, 0.25) is 5.91 Å². The Balaban J connectivity index is 0.00000210. The van der Waals surface area contributed by atoms with E-state index >= 15 is 0 Å². The summed E-state index contributed by atoms with van der Waals surface area (Å²) in [5.74, 6) is 0.922. The van der Waals surface area contributed by atoms with E-state index in [0.29, 0.717) is 18.6 Å². The van der Waals surface area contributed by atoms with Gasteiger partial charge in [0.15, 0.2) is 0 Å². The Morgan fingerprint density at radius 3 is 2.28 bits per heavy atom. The van der Waals surface area contributed by atoms with Crippen LogP contribution in [0.15, 0.2) is 30.3 Å². The van der Waals surface area contributed by atoms with Gasteiger partial charge in [-0.05, 0) is 51.1 Å². The second-order valence-electron chi connectivity index (χ2n) is 8.35. The molecule has 7 heteroatoms. The maximum absolute atomic E-state index is 12.6. The first-order valence-corrected chi connectivity index (χ1v) is 10.5. The molecule has 3 atom stereocenters. The second-order valence-corrected chi connectivity index (χ2v) is 8.35. The summed E-state index contributed by atoms with van der Waals surface area (Å²) in [6.07, 6.45) is 4.52.